The van der Waals surface area contributed by atoms with Crippen molar-refractivity contribution in [2.24, 2.45) is 0 Å². The summed E-state index contributed by atoms with van der Waals surface area (Å²) < 4.78 is 0. The zero-order valence-electron chi connectivity index (χ0n) is 28.9. The van der Waals surface area contributed by atoms with Gasteiger partial charge in [-0.3, -0.25) is 0 Å². The first kappa shape index (κ1) is 29.7. The highest BCUT2D eigenvalue weighted by Gasteiger charge is 2.49. The fraction of sp³-hybridized carbons (Fsp3) is 0. The molecule has 11 rings (SSSR count). The maximum atomic E-state index is 2.50. The minimum Gasteiger partial charge on any atom is -0.311 e. The van der Waals surface area contributed by atoms with Crippen LogP contribution < -0.4 is 36.0 Å². The molecule has 53 heavy (non-hydrogen) atoms. The van der Waals surface area contributed by atoms with Crippen molar-refractivity contribution in [3.05, 3.63) is 200 Å². The van der Waals surface area contributed by atoms with Crippen LogP contribution >= 0.6 is 0 Å². The number of rotatable bonds is 6. The largest absolute Gasteiger partial charge is 0.311 e. The molecule has 0 spiro atoms. The molecular formula is C48H33BN4. The Morgan fingerprint density at radius 3 is 0.943 bits per heavy atom. The number of hydrogen-bond acceptors (Lipinski definition) is 4. The molecule has 0 fully saturated rings. The third-order valence-corrected chi connectivity index (χ3v) is 10.9. The molecule has 0 saturated heterocycles. The molecule has 3 aliphatic rings. The van der Waals surface area contributed by atoms with Gasteiger partial charge in [-0.2, -0.15) is 0 Å². The number of nitrogens with zero attached hydrogens (tertiary/aromatic N) is 4. The highest BCUT2D eigenvalue weighted by atomic mass is 15.2. The monoisotopic (exact) mass is 676 g/mol. The van der Waals surface area contributed by atoms with Crippen LogP contribution in [0.1, 0.15) is 0 Å². The second kappa shape index (κ2) is 11.8. The van der Waals surface area contributed by atoms with Crippen LogP contribution in [0, 0.1) is 0 Å². The third kappa shape index (κ3) is 4.44. The molecule has 0 aromatic heterocycles. The zero-order valence-corrected chi connectivity index (χ0v) is 28.9. The third-order valence-electron chi connectivity index (χ3n) is 10.9. The summed E-state index contributed by atoms with van der Waals surface area (Å²) in [4.78, 5) is 9.85. The Bertz CT molecular complexity index is 2470. The Balaban J connectivity index is 1.28. The molecule has 0 N–H and O–H groups in total. The normalized spacial score (nSPS) is 13.1. The lowest BCUT2D eigenvalue weighted by molar-refractivity contribution is 1.21. The molecule has 8 aromatic carbocycles. The van der Waals surface area contributed by atoms with E-state index in [0.717, 1.165) is 34.1 Å². The Morgan fingerprint density at radius 1 is 0.283 bits per heavy atom. The number of para-hydroxylation sites is 5. The summed E-state index contributed by atoms with van der Waals surface area (Å²) in [5.74, 6) is 0. The maximum absolute atomic E-state index is 2.50. The van der Waals surface area contributed by atoms with Gasteiger partial charge in [0.2, 0.25) is 0 Å². The van der Waals surface area contributed by atoms with Crippen molar-refractivity contribution in [3.8, 4) is 0 Å². The minimum atomic E-state index is 0.0354. The van der Waals surface area contributed by atoms with Crippen molar-refractivity contribution in [1.29, 1.82) is 0 Å². The lowest BCUT2D eigenvalue weighted by atomic mass is 9.32. The van der Waals surface area contributed by atoms with E-state index in [-0.39, 0.29) is 6.71 Å². The summed E-state index contributed by atoms with van der Waals surface area (Å²) in [6, 6.07) is 72.5. The van der Waals surface area contributed by atoms with E-state index in [0.29, 0.717) is 0 Å². The van der Waals surface area contributed by atoms with Crippen molar-refractivity contribution in [2.75, 3.05) is 19.6 Å². The summed E-state index contributed by atoms with van der Waals surface area (Å²) >= 11 is 0. The van der Waals surface area contributed by atoms with E-state index in [9.17, 15) is 0 Å². The van der Waals surface area contributed by atoms with Gasteiger partial charge in [0.25, 0.3) is 6.71 Å². The van der Waals surface area contributed by atoms with Crippen molar-refractivity contribution in [2.45, 2.75) is 0 Å². The molecule has 0 radical (unpaired) electrons. The number of hydrogen-bond donors (Lipinski definition) is 0. The van der Waals surface area contributed by atoms with E-state index in [1.54, 1.807) is 0 Å². The van der Waals surface area contributed by atoms with Crippen LogP contribution in [0.15, 0.2) is 200 Å². The molecule has 248 valence electrons. The summed E-state index contributed by atoms with van der Waals surface area (Å²) in [7, 11) is 0. The molecule has 0 amide bonds. The lowest BCUT2D eigenvalue weighted by Crippen LogP contribution is -2.64. The quantitative estimate of drug-likeness (QED) is 0.163. The van der Waals surface area contributed by atoms with Crippen molar-refractivity contribution < 1.29 is 0 Å². The Kier molecular flexibility index (Phi) is 6.61. The van der Waals surface area contributed by atoms with Crippen molar-refractivity contribution >= 4 is 91.3 Å². The fourth-order valence-electron chi connectivity index (χ4n) is 8.85. The molecule has 3 aliphatic heterocycles. The minimum absolute atomic E-state index is 0.0354. The molecule has 0 saturated carbocycles. The molecule has 0 aliphatic carbocycles. The van der Waals surface area contributed by atoms with Gasteiger partial charge in [-0.1, -0.05) is 103 Å². The van der Waals surface area contributed by atoms with Gasteiger partial charge in [-0.05, 0) is 113 Å². The summed E-state index contributed by atoms with van der Waals surface area (Å²) in [5.41, 5.74) is 17.9. The molecular weight excluding hydrogens is 643 g/mol. The second-order valence-electron chi connectivity index (χ2n) is 13.8. The second-order valence-corrected chi connectivity index (χ2v) is 13.8. The SMILES string of the molecule is c1ccc(N(c2ccccc2)c2cc3c4c(c2)N(c2ccccc2)c2cccc5c2B4c2c(cccc2N3c2ccccc2)N5c2ccccc2)cc1. The van der Waals surface area contributed by atoms with Gasteiger partial charge < -0.3 is 19.6 Å². The maximum Gasteiger partial charge on any atom is 0.257 e. The average Bonchev–Trinajstić information content (AvgIpc) is 3.23. The summed E-state index contributed by atoms with van der Waals surface area (Å²) in [6.45, 7) is 0.0354. The van der Waals surface area contributed by atoms with Crippen LogP contribution in [0.2, 0.25) is 0 Å². The van der Waals surface area contributed by atoms with E-state index < -0.39 is 0 Å². The first-order valence-electron chi connectivity index (χ1n) is 18.2. The van der Waals surface area contributed by atoms with Gasteiger partial charge >= 0.3 is 0 Å². The molecule has 8 aromatic rings. The van der Waals surface area contributed by atoms with E-state index in [2.05, 4.69) is 220 Å². The van der Waals surface area contributed by atoms with E-state index in [1.807, 2.05) is 0 Å². The fourth-order valence-corrected chi connectivity index (χ4v) is 8.85. The van der Waals surface area contributed by atoms with Crippen molar-refractivity contribution in [3.63, 3.8) is 0 Å². The van der Waals surface area contributed by atoms with Gasteiger partial charge in [0.05, 0.1) is 5.69 Å². The van der Waals surface area contributed by atoms with Crippen LogP contribution in [0.25, 0.3) is 0 Å². The highest BCUT2D eigenvalue weighted by molar-refractivity contribution is 7.02. The molecule has 0 atom stereocenters. The molecule has 0 bridgehead atoms. The van der Waals surface area contributed by atoms with Crippen molar-refractivity contribution in [1.82, 2.24) is 0 Å². The smallest absolute Gasteiger partial charge is 0.257 e. The van der Waals surface area contributed by atoms with Crippen LogP contribution in [-0.4, -0.2) is 6.71 Å². The van der Waals surface area contributed by atoms with Crippen LogP contribution in [0.5, 0.6) is 0 Å². The summed E-state index contributed by atoms with van der Waals surface area (Å²) in [6.07, 6.45) is 0. The summed E-state index contributed by atoms with van der Waals surface area (Å²) in [5, 5.41) is 0. The predicted molar refractivity (Wildman–Crippen MR) is 223 cm³/mol. The van der Waals surface area contributed by atoms with Crippen LogP contribution in [-0.2, 0) is 0 Å². The number of anilines is 12. The average molecular weight is 677 g/mol. The van der Waals surface area contributed by atoms with Crippen LogP contribution in [0.4, 0.5) is 68.2 Å². The Hall–Kier alpha value is -6.98. The van der Waals surface area contributed by atoms with E-state index in [1.165, 1.54) is 50.5 Å². The topological polar surface area (TPSA) is 13.0 Å². The van der Waals surface area contributed by atoms with Gasteiger partial charge in [0.15, 0.2) is 0 Å². The first-order chi connectivity index (χ1) is 26.3. The molecule has 5 heteroatoms. The van der Waals surface area contributed by atoms with Crippen LogP contribution in [0.3, 0.4) is 0 Å². The highest BCUT2D eigenvalue weighted by Crippen LogP contribution is 2.51. The standard InChI is InChI=1S/C48H33BN4/c1-6-18-34(19-7-1)50(35-20-8-2-9-21-35)39-32-44-48-45(33-39)53(38-26-14-5-15-27-38)43-31-17-29-41-47(43)49(48)46-40(51(41)36-22-10-3-11-23-36)28-16-30-42(46)52(44)37-24-12-4-13-25-37/h1-33H. The first-order valence-corrected chi connectivity index (χ1v) is 18.2. The Labute approximate surface area is 310 Å². The van der Waals surface area contributed by atoms with E-state index >= 15 is 0 Å². The number of benzene rings is 8. The molecule has 0 unspecified atom stereocenters. The van der Waals surface area contributed by atoms with Gasteiger partial charge in [0, 0.05) is 62.6 Å². The lowest BCUT2D eigenvalue weighted by Gasteiger charge is -2.49. The van der Waals surface area contributed by atoms with E-state index in [4.69, 9.17) is 0 Å². The van der Waals surface area contributed by atoms with Gasteiger partial charge in [0.1, 0.15) is 0 Å². The molecule has 3 heterocycles. The van der Waals surface area contributed by atoms with Gasteiger partial charge in [-0.15, -0.1) is 0 Å². The zero-order chi connectivity index (χ0) is 34.9. The van der Waals surface area contributed by atoms with Gasteiger partial charge in [-0.25, -0.2) is 0 Å². The Morgan fingerprint density at radius 2 is 0.585 bits per heavy atom. The molecule has 4 nitrogen and oxygen atoms in total. The predicted octanol–water partition coefficient (Wildman–Crippen LogP) is 11.0.